The van der Waals surface area contributed by atoms with Crippen molar-refractivity contribution in [3.63, 3.8) is 0 Å². The first-order chi connectivity index (χ1) is 17.0. The first kappa shape index (κ1) is 27.4. The van der Waals surface area contributed by atoms with E-state index in [-0.39, 0.29) is 54.9 Å². The SMILES string of the molecule is C/C=C1\NN=C(COCCC(=O)N2CCN(c3ncc(C(F)(F)F)cn3)CC2)C(CC)=C1C(F)(F)F. The van der Waals surface area contributed by atoms with Crippen LogP contribution in [0.1, 0.15) is 32.3 Å². The number of hydrogen-bond donors (Lipinski definition) is 1. The van der Waals surface area contributed by atoms with Gasteiger partial charge in [-0.1, -0.05) is 13.0 Å². The Morgan fingerprint density at radius 1 is 1.08 bits per heavy atom. The molecule has 1 N–H and O–H groups in total. The Bertz CT molecular complexity index is 1020. The van der Waals surface area contributed by atoms with Crippen molar-refractivity contribution in [2.75, 3.05) is 44.3 Å². The number of aromatic nitrogens is 2. The molecule has 0 saturated carbocycles. The molecule has 0 aliphatic carbocycles. The van der Waals surface area contributed by atoms with Crippen LogP contribution in [0.4, 0.5) is 32.3 Å². The highest BCUT2D eigenvalue weighted by atomic mass is 19.4. The van der Waals surface area contributed by atoms with Gasteiger partial charge in [0, 0.05) is 38.6 Å². The van der Waals surface area contributed by atoms with Gasteiger partial charge in [0.2, 0.25) is 11.9 Å². The fraction of sp³-hybridized carbons (Fsp3) is 0.545. The van der Waals surface area contributed by atoms with E-state index in [0.29, 0.717) is 26.2 Å². The summed E-state index contributed by atoms with van der Waals surface area (Å²) in [6, 6.07) is 0. The molecule has 0 aromatic carbocycles. The van der Waals surface area contributed by atoms with Crippen molar-refractivity contribution in [3.8, 4) is 0 Å². The summed E-state index contributed by atoms with van der Waals surface area (Å²) in [7, 11) is 0. The van der Waals surface area contributed by atoms with Crippen molar-refractivity contribution >= 4 is 17.6 Å². The van der Waals surface area contributed by atoms with Crippen molar-refractivity contribution < 1.29 is 35.9 Å². The standard InChI is InChI=1S/C22H26F6N6O2/c1-3-15-17(32-31-16(4-2)19(15)22(26,27)28)13-36-10-5-18(35)33-6-8-34(9-7-33)20-29-11-14(12-30-20)21(23,24)25/h4,11-12,31H,3,5-10,13H2,1-2H3/b16-4-. The Hall–Kier alpha value is -3.16. The molecule has 3 rings (SSSR count). The Morgan fingerprint density at radius 3 is 2.25 bits per heavy atom. The molecule has 1 fully saturated rings. The van der Waals surface area contributed by atoms with Crippen molar-refractivity contribution in [2.24, 2.45) is 5.10 Å². The smallest absolute Gasteiger partial charge is 0.375 e. The Kier molecular flexibility index (Phi) is 8.59. The first-order valence-corrected chi connectivity index (χ1v) is 11.2. The molecule has 0 bridgehead atoms. The monoisotopic (exact) mass is 520 g/mol. The lowest BCUT2D eigenvalue weighted by Crippen LogP contribution is -2.49. The van der Waals surface area contributed by atoms with Gasteiger partial charge in [-0.3, -0.25) is 10.2 Å². The van der Waals surface area contributed by atoms with E-state index in [0.717, 1.165) is 12.4 Å². The van der Waals surface area contributed by atoms with Crippen molar-refractivity contribution in [3.05, 3.63) is 40.9 Å². The van der Waals surface area contributed by atoms with Gasteiger partial charge < -0.3 is 14.5 Å². The number of amides is 1. The van der Waals surface area contributed by atoms with Crippen LogP contribution < -0.4 is 10.3 Å². The van der Waals surface area contributed by atoms with E-state index in [1.807, 2.05) is 0 Å². The molecule has 198 valence electrons. The van der Waals surface area contributed by atoms with Crippen LogP contribution in [0.15, 0.2) is 40.4 Å². The largest absolute Gasteiger partial charge is 0.419 e. The number of rotatable bonds is 7. The second kappa shape index (κ2) is 11.3. The molecule has 2 aliphatic heterocycles. The number of anilines is 1. The van der Waals surface area contributed by atoms with Gasteiger partial charge in [0.15, 0.2) is 0 Å². The van der Waals surface area contributed by atoms with Crippen LogP contribution in [0.3, 0.4) is 0 Å². The van der Waals surface area contributed by atoms with Crippen LogP contribution >= 0.6 is 0 Å². The number of allylic oxidation sites excluding steroid dienone is 2. The quantitative estimate of drug-likeness (QED) is 0.437. The van der Waals surface area contributed by atoms with Crippen molar-refractivity contribution in [2.45, 2.75) is 39.0 Å². The van der Waals surface area contributed by atoms with Gasteiger partial charge in [0.05, 0.1) is 42.2 Å². The fourth-order valence-electron chi connectivity index (χ4n) is 3.86. The summed E-state index contributed by atoms with van der Waals surface area (Å²) in [5.74, 6) is -0.0514. The molecule has 0 atom stereocenters. The summed E-state index contributed by atoms with van der Waals surface area (Å²) in [5.41, 5.74) is 0.771. The summed E-state index contributed by atoms with van der Waals surface area (Å²) >= 11 is 0. The van der Waals surface area contributed by atoms with Crippen LogP contribution in [0.2, 0.25) is 0 Å². The van der Waals surface area contributed by atoms with E-state index in [9.17, 15) is 31.1 Å². The predicted octanol–water partition coefficient (Wildman–Crippen LogP) is 3.68. The number of hydrogen-bond acceptors (Lipinski definition) is 7. The van der Waals surface area contributed by atoms with Gasteiger partial charge in [-0.25, -0.2) is 9.97 Å². The van der Waals surface area contributed by atoms with Crippen molar-refractivity contribution in [1.82, 2.24) is 20.3 Å². The zero-order chi connectivity index (χ0) is 26.5. The zero-order valence-corrected chi connectivity index (χ0v) is 19.7. The number of nitrogens with one attached hydrogen (secondary N) is 1. The minimum atomic E-state index is -4.55. The Balaban J connectivity index is 1.47. The molecular weight excluding hydrogens is 494 g/mol. The van der Waals surface area contributed by atoms with E-state index in [4.69, 9.17) is 4.74 Å². The number of carbonyl (C=O) groups is 1. The van der Waals surface area contributed by atoms with E-state index in [1.54, 1.807) is 16.7 Å². The topological polar surface area (TPSA) is 83.0 Å². The average molecular weight is 520 g/mol. The lowest BCUT2D eigenvalue weighted by molar-refractivity contribution is -0.138. The van der Waals surface area contributed by atoms with E-state index >= 15 is 0 Å². The zero-order valence-electron chi connectivity index (χ0n) is 19.7. The number of nitrogens with zero attached hydrogens (tertiary/aromatic N) is 5. The predicted molar refractivity (Wildman–Crippen MR) is 119 cm³/mol. The number of alkyl halides is 6. The van der Waals surface area contributed by atoms with Gasteiger partial charge in [-0.15, -0.1) is 0 Å². The molecule has 1 saturated heterocycles. The summed E-state index contributed by atoms with van der Waals surface area (Å²) < 4.78 is 84.1. The number of hydrazone groups is 1. The molecule has 0 spiro atoms. The highest BCUT2D eigenvalue weighted by molar-refractivity contribution is 6.03. The van der Waals surface area contributed by atoms with Crippen LogP contribution in [0.25, 0.3) is 0 Å². The maximum atomic E-state index is 13.5. The number of carbonyl (C=O) groups excluding carboxylic acids is 1. The molecule has 3 heterocycles. The average Bonchev–Trinajstić information content (AvgIpc) is 2.85. The van der Waals surface area contributed by atoms with Gasteiger partial charge >= 0.3 is 12.4 Å². The second-order valence-corrected chi connectivity index (χ2v) is 8.02. The second-order valence-electron chi connectivity index (χ2n) is 8.02. The van der Waals surface area contributed by atoms with Crippen LogP contribution in [-0.4, -0.2) is 72.1 Å². The van der Waals surface area contributed by atoms with Crippen LogP contribution in [-0.2, 0) is 15.7 Å². The Morgan fingerprint density at radius 2 is 1.72 bits per heavy atom. The highest BCUT2D eigenvalue weighted by Crippen LogP contribution is 2.36. The third kappa shape index (κ3) is 6.53. The molecule has 1 aromatic heterocycles. The van der Waals surface area contributed by atoms with Gasteiger partial charge in [0.1, 0.15) is 0 Å². The summed E-state index contributed by atoms with van der Waals surface area (Å²) in [6.45, 7) is 4.24. The lowest BCUT2D eigenvalue weighted by atomic mass is 9.96. The molecule has 8 nitrogen and oxygen atoms in total. The van der Waals surface area contributed by atoms with E-state index in [2.05, 4.69) is 20.5 Å². The number of halogens is 6. The lowest BCUT2D eigenvalue weighted by Gasteiger charge is -2.34. The summed E-state index contributed by atoms with van der Waals surface area (Å²) in [5, 5.41) is 4.00. The van der Waals surface area contributed by atoms with E-state index in [1.165, 1.54) is 13.0 Å². The van der Waals surface area contributed by atoms with Crippen LogP contribution in [0, 0.1) is 0 Å². The van der Waals surface area contributed by atoms with E-state index < -0.39 is 23.5 Å². The maximum absolute atomic E-state index is 13.5. The molecular formula is C22H26F6N6O2. The molecule has 14 heteroatoms. The first-order valence-electron chi connectivity index (χ1n) is 11.2. The third-order valence-electron chi connectivity index (χ3n) is 5.74. The van der Waals surface area contributed by atoms with Gasteiger partial charge in [-0.05, 0) is 18.9 Å². The van der Waals surface area contributed by atoms with Gasteiger partial charge in [0.25, 0.3) is 0 Å². The molecule has 1 amide bonds. The molecule has 2 aliphatic rings. The number of piperazine rings is 1. The summed E-state index contributed by atoms with van der Waals surface area (Å²) in [6.07, 6.45) is -6.18. The Labute approximate surface area is 203 Å². The molecule has 0 unspecified atom stereocenters. The minimum absolute atomic E-state index is 0.00506. The molecule has 36 heavy (non-hydrogen) atoms. The highest BCUT2D eigenvalue weighted by Gasteiger charge is 2.40. The third-order valence-corrected chi connectivity index (χ3v) is 5.74. The summed E-state index contributed by atoms with van der Waals surface area (Å²) in [4.78, 5) is 23.3. The normalized spacial score (nSPS) is 18.4. The van der Waals surface area contributed by atoms with Gasteiger partial charge in [-0.2, -0.15) is 31.4 Å². The molecule has 1 aromatic rings. The molecule has 0 radical (unpaired) electrons. The van der Waals surface area contributed by atoms with Crippen LogP contribution in [0.5, 0.6) is 0 Å². The number of ether oxygens (including phenoxy) is 1. The minimum Gasteiger partial charge on any atom is -0.375 e. The fourth-order valence-corrected chi connectivity index (χ4v) is 3.86. The van der Waals surface area contributed by atoms with Crippen molar-refractivity contribution in [1.29, 1.82) is 0 Å². The maximum Gasteiger partial charge on any atom is 0.419 e.